The number of halogens is 2. The molecule has 1 N–H and O–H groups in total. The first-order valence-electron chi connectivity index (χ1n) is 4.43. The summed E-state index contributed by atoms with van der Waals surface area (Å²) in [7, 11) is 0. The molecule has 0 fully saturated rings. The topological polar surface area (TPSA) is 55.2 Å². The summed E-state index contributed by atoms with van der Waals surface area (Å²) in [5.41, 5.74) is 0.0827. The molecule has 0 unspecified atom stereocenters. The number of benzene rings is 1. The highest BCUT2D eigenvalue weighted by atomic mass is 79.9. The Labute approximate surface area is 94.8 Å². The lowest BCUT2D eigenvalue weighted by molar-refractivity contribution is -0.384. The molecule has 0 heterocycles. The van der Waals surface area contributed by atoms with E-state index in [0.29, 0.717) is 6.54 Å². The van der Waals surface area contributed by atoms with Crippen LogP contribution in [0, 0.1) is 15.9 Å². The molecule has 0 radical (unpaired) electrons. The molecule has 4 nitrogen and oxygen atoms in total. The first-order valence-corrected chi connectivity index (χ1v) is 5.23. The van der Waals surface area contributed by atoms with Crippen LogP contribution in [-0.4, -0.2) is 11.5 Å². The first kappa shape index (κ1) is 11.9. The van der Waals surface area contributed by atoms with Gasteiger partial charge in [0.15, 0.2) is 0 Å². The van der Waals surface area contributed by atoms with Crippen molar-refractivity contribution >= 4 is 27.3 Å². The largest absolute Gasteiger partial charge is 0.379 e. The van der Waals surface area contributed by atoms with Gasteiger partial charge in [-0.05, 0) is 22.4 Å². The fraction of sp³-hybridized carbons (Fsp3) is 0.333. The van der Waals surface area contributed by atoms with Crippen molar-refractivity contribution in [3.8, 4) is 0 Å². The molecule has 0 atom stereocenters. The van der Waals surface area contributed by atoms with Gasteiger partial charge in [-0.25, -0.2) is 4.39 Å². The van der Waals surface area contributed by atoms with Crippen LogP contribution in [0.25, 0.3) is 0 Å². The lowest BCUT2D eigenvalue weighted by atomic mass is 10.2. The van der Waals surface area contributed by atoms with Gasteiger partial charge < -0.3 is 5.32 Å². The Kier molecular flexibility index (Phi) is 4.02. The van der Waals surface area contributed by atoms with E-state index in [4.69, 9.17) is 0 Å². The van der Waals surface area contributed by atoms with Crippen LogP contribution in [0.1, 0.15) is 13.3 Å². The minimum Gasteiger partial charge on any atom is -0.379 e. The number of nitro benzene ring substituents is 1. The van der Waals surface area contributed by atoms with Crippen LogP contribution < -0.4 is 5.32 Å². The van der Waals surface area contributed by atoms with Gasteiger partial charge in [0.05, 0.1) is 9.40 Å². The minimum absolute atomic E-state index is 0.0937. The smallest absolute Gasteiger partial charge is 0.293 e. The third-order valence-corrected chi connectivity index (χ3v) is 2.41. The monoisotopic (exact) mass is 276 g/mol. The van der Waals surface area contributed by atoms with E-state index in [0.717, 1.165) is 18.6 Å². The summed E-state index contributed by atoms with van der Waals surface area (Å²) in [6.45, 7) is 2.50. The Morgan fingerprint density at radius 3 is 2.80 bits per heavy atom. The maximum atomic E-state index is 13.1. The molecule has 0 aliphatic rings. The van der Waals surface area contributed by atoms with E-state index >= 15 is 0 Å². The number of anilines is 1. The average molecular weight is 277 g/mol. The SMILES string of the molecule is CCCNc1cc(F)c(Br)cc1[N+](=O)[O-]. The molecular weight excluding hydrogens is 267 g/mol. The van der Waals surface area contributed by atoms with Crippen molar-refractivity contribution in [2.45, 2.75) is 13.3 Å². The number of hydrogen-bond donors (Lipinski definition) is 1. The molecule has 6 heteroatoms. The zero-order valence-corrected chi connectivity index (χ0v) is 9.67. The van der Waals surface area contributed by atoms with Crippen LogP contribution in [0.5, 0.6) is 0 Å². The third-order valence-electron chi connectivity index (χ3n) is 1.80. The second kappa shape index (κ2) is 5.06. The van der Waals surface area contributed by atoms with Crippen molar-refractivity contribution in [3.63, 3.8) is 0 Å². The minimum atomic E-state index is -0.539. The predicted molar refractivity (Wildman–Crippen MR) is 59.5 cm³/mol. The van der Waals surface area contributed by atoms with Crippen molar-refractivity contribution in [1.82, 2.24) is 0 Å². The molecule has 0 aliphatic heterocycles. The van der Waals surface area contributed by atoms with E-state index in [1.807, 2.05) is 6.92 Å². The number of hydrogen-bond acceptors (Lipinski definition) is 3. The standard InChI is InChI=1S/C9H10BrFN2O2/c1-2-3-12-8-5-7(11)6(10)4-9(8)13(14)15/h4-5,12H,2-3H2,1H3. The van der Waals surface area contributed by atoms with Crippen LogP contribution in [0.15, 0.2) is 16.6 Å². The highest BCUT2D eigenvalue weighted by Gasteiger charge is 2.16. The molecule has 0 bridgehead atoms. The van der Waals surface area contributed by atoms with Gasteiger partial charge in [-0.15, -0.1) is 0 Å². The van der Waals surface area contributed by atoms with Gasteiger partial charge in [-0.1, -0.05) is 6.92 Å². The summed E-state index contributed by atoms with van der Waals surface area (Å²) in [5.74, 6) is -0.515. The van der Waals surface area contributed by atoms with Gasteiger partial charge in [0.1, 0.15) is 11.5 Å². The van der Waals surface area contributed by atoms with Crippen molar-refractivity contribution < 1.29 is 9.31 Å². The highest BCUT2D eigenvalue weighted by Crippen LogP contribution is 2.30. The number of nitrogens with one attached hydrogen (secondary N) is 1. The van der Waals surface area contributed by atoms with Crippen LogP contribution in [0.2, 0.25) is 0 Å². The quantitative estimate of drug-likeness (QED) is 0.678. The lowest BCUT2D eigenvalue weighted by Gasteiger charge is -2.06. The van der Waals surface area contributed by atoms with Crippen molar-refractivity contribution in [1.29, 1.82) is 0 Å². The lowest BCUT2D eigenvalue weighted by Crippen LogP contribution is -2.03. The zero-order chi connectivity index (χ0) is 11.4. The molecule has 0 saturated heterocycles. The Bertz CT molecular complexity index is 385. The molecular formula is C9H10BrFN2O2. The van der Waals surface area contributed by atoms with Gasteiger partial charge in [0.25, 0.3) is 5.69 Å². The third kappa shape index (κ3) is 2.89. The summed E-state index contributed by atoms with van der Waals surface area (Å²) >= 11 is 2.91. The van der Waals surface area contributed by atoms with E-state index < -0.39 is 10.7 Å². The second-order valence-corrected chi connectivity index (χ2v) is 3.82. The Morgan fingerprint density at radius 1 is 1.60 bits per heavy atom. The van der Waals surface area contributed by atoms with Gasteiger partial charge >= 0.3 is 0 Å². The Balaban J connectivity index is 3.10. The normalized spacial score (nSPS) is 10.1. The van der Waals surface area contributed by atoms with Gasteiger partial charge in [0, 0.05) is 18.7 Å². The van der Waals surface area contributed by atoms with Crippen LogP contribution in [-0.2, 0) is 0 Å². The molecule has 1 aromatic rings. The fourth-order valence-electron chi connectivity index (χ4n) is 1.09. The number of nitrogens with zero attached hydrogens (tertiary/aromatic N) is 1. The molecule has 0 saturated carbocycles. The van der Waals surface area contributed by atoms with Gasteiger partial charge in [-0.2, -0.15) is 0 Å². The van der Waals surface area contributed by atoms with Crippen LogP contribution in [0.3, 0.4) is 0 Å². The molecule has 1 rings (SSSR count). The summed E-state index contributed by atoms with van der Waals surface area (Å²) in [4.78, 5) is 10.1. The number of rotatable bonds is 4. The maximum absolute atomic E-state index is 13.1. The molecule has 0 amide bonds. The molecule has 15 heavy (non-hydrogen) atoms. The van der Waals surface area contributed by atoms with Crippen molar-refractivity contribution in [3.05, 3.63) is 32.5 Å². The van der Waals surface area contributed by atoms with Crippen molar-refractivity contribution in [2.75, 3.05) is 11.9 Å². The van der Waals surface area contributed by atoms with E-state index in [1.165, 1.54) is 0 Å². The number of nitro groups is 1. The highest BCUT2D eigenvalue weighted by molar-refractivity contribution is 9.10. The van der Waals surface area contributed by atoms with Gasteiger partial charge in [-0.3, -0.25) is 10.1 Å². The van der Waals surface area contributed by atoms with Crippen LogP contribution in [0.4, 0.5) is 15.8 Å². The molecule has 82 valence electrons. The molecule has 0 spiro atoms. The van der Waals surface area contributed by atoms with Crippen molar-refractivity contribution in [2.24, 2.45) is 0 Å². The second-order valence-electron chi connectivity index (χ2n) is 2.97. The average Bonchev–Trinajstić information content (AvgIpc) is 2.19. The Hall–Kier alpha value is -1.17. The predicted octanol–water partition coefficient (Wildman–Crippen LogP) is 3.32. The van der Waals surface area contributed by atoms with E-state index in [-0.39, 0.29) is 15.8 Å². The summed E-state index contributed by atoms with van der Waals surface area (Å²) in [6, 6.07) is 2.28. The summed E-state index contributed by atoms with van der Waals surface area (Å²) in [5, 5.41) is 13.5. The van der Waals surface area contributed by atoms with E-state index in [9.17, 15) is 14.5 Å². The molecule has 0 aromatic heterocycles. The first-order chi connectivity index (χ1) is 7.06. The van der Waals surface area contributed by atoms with E-state index in [2.05, 4.69) is 21.2 Å². The summed E-state index contributed by atoms with van der Waals surface area (Å²) in [6.07, 6.45) is 0.814. The van der Waals surface area contributed by atoms with Gasteiger partial charge in [0.2, 0.25) is 0 Å². The van der Waals surface area contributed by atoms with Crippen LogP contribution >= 0.6 is 15.9 Å². The Morgan fingerprint density at radius 2 is 2.27 bits per heavy atom. The summed E-state index contributed by atoms with van der Waals surface area (Å²) < 4.78 is 13.2. The fourth-order valence-corrected chi connectivity index (χ4v) is 1.42. The molecule has 1 aromatic carbocycles. The zero-order valence-electron chi connectivity index (χ0n) is 8.09. The maximum Gasteiger partial charge on any atom is 0.293 e. The van der Waals surface area contributed by atoms with E-state index in [1.54, 1.807) is 0 Å². The molecule has 0 aliphatic carbocycles.